The first kappa shape index (κ1) is 24.9. The minimum absolute atomic E-state index is 0. The van der Waals surface area contributed by atoms with E-state index in [0.29, 0.717) is 0 Å². The van der Waals surface area contributed by atoms with Crippen molar-refractivity contribution >= 4 is 17.7 Å². The zero-order valence-electron chi connectivity index (χ0n) is 22.0. The van der Waals surface area contributed by atoms with E-state index in [1.54, 1.807) is 0 Å². The van der Waals surface area contributed by atoms with Crippen molar-refractivity contribution < 1.29 is 17.0 Å². The van der Waals surface area contributed by atoms with Crippen LogP contribution in [0.4, 0.5) is 11.4 Å². The topological polar surface area (TPSA) is 6.25 Å². The van der Waals surface area contributed by atoms with Gasteiger partial charge in [0.15, 0.2) is 0 Å². The Morgan fingerprint density at radius 3 is 1.53 bits per heavy atom. The molecule has 13 rings (SSSR count). The molecule has 8 aliphatic carbocycles. The largest absolute Gasteiger partial charge is 1.00 e. The van der Waals surface area contributed by atoms with Crippen molar-refractivity contribution in [3.63, 3.8) is 0 Å². The molecule has 4 aromatic rings. The van der Waals surface area contributed by atoms with Crippen molar-refractivity contribution in [1.82, 2.24) is 0 Å². The Labute approximate surface area is 233 Å². The molecule has 0 unspecified atom stereocenters. The lowest BCUT2D eigenvalue weighted by molar-refractivity contribution is -0.424. The van der Waals surface area contributed by atoms with Crippen LogP contribution in [0.2, 0.25) is 0 Å². The predicted octanol–water partition coefficient (Wildman–Crippen LogP) is 3.65. The zero-order chi connectivity index (χ0) is 24.6. The Bertz CT molecular complexity index is 1470. The molecule has 1 heterocycles. The summed E-state index contributed by atoms with van der Waals surface area (Å²) < 4.78 is 2.52. The molecule has 0 N–H and O–H groups in total. The van der Waals surface area contributed by atoms with Gasteiger partial charge in [-0.25, -0.2) is 9.48 Å². The van der Waals surface area contributed by atoms with Crippen LogP contribution in [0, 0.1) is 0 Å². The molecule has 0 radical (unpaired) electrons. The van der Waals surface area contributed by atoms with E-state index in [9.17, 15) is 0 Å². The van der Waals surface area contributed by atoms with E-state index in [2.05, 4.69) is 101 Å². The molecule has 0 spiro atoms. The SMILES string of the molecule is C1=[N+](c2cc3ccc2CCc2ccc(cc2)CC3)CCN1c1cc2ccc1CCc1ccc(cc1)CC2.[Cl-]. The number of hydrogen-bond acceptors (Lipinski definition) is 1. The molecule has 4 aromatic carbocycles. The Morgan fingerprint density at radius 1 is 0.474 bits per heavy atom. The van der Waals surface area contributed by atoms with Crippen LogP contribution in [-0.4, -0.2) is 24.0 Å². The highest BCUT2D eigenvalue weighted by atomic mass is 35.5. The third-order valence-electron chi connectivity index (χ3n) is 8.60. The predicted molar refractivity (Wildman–Crippen MR) is 154 cm³/mol. The summed E-state index contributed by atoms with van der Waals surface area (Å²) >= 11 is 0. The molecule has 3 heteroatoms. The van der Waals surface area contributed by atoms with Gasteiger partial charge in [0.1, 0.15) is 24.5 Å². The Balaban J connectivity index is 0.00000264. The fraction of sp³-hybridized carbons (Fsp3) is 0.286. The monoisotopic (exact) mass is 518 g/mol. The van der Waals surface area contributed by atoms with Crippen LogP contribution in [0.25, 0.3) is 0 Å². The second kappa shape index (κ2) is 10.8. The van der Waals surface area contributed by atoms with E-state index < -0.39 is 0 Å². The minimum Gasteiger partial charge on any atom is -1.00 e. The van der Waals surface area contributed by atoms with E-state index in [0.717, 1.165) is 64.5 Å². The van der Waals surface area contributed by atoms with Crippen LogP contribution in [-0.2, 0) is 51.4 Å². The lowest BCUT2D eigenvalue weighted by atomic mass is 9.95. The summed E-state index contributed by atoms with van der Waals surface area (Å²) in [6.07, 6.45) is 11.1. The molecule has 0 saturated heterocycles. The fourth-order valence-electron chi connectivity index (χ4n) is 6.23. The van der Waals surface area contributed by atoms with E-state index in [4.69, 9.17) is 0 Å². The first-order valence-corrected chi connectivity index (χ1v) is 14.0. The van der Waals surface area contributed by atoms with E-state index >= 15 is 0 Å². The van der Waals surface area contributed by atoms with Crippen LogP contribution >= 0.6 is 0 Å². The van der Waals surface area contributed by atoms with Crippen LogP contribution in [0.1, 0.15) is 44.5 Å². The molecule has 0 aromatic heterocycles. The van der Waals surface area contributed by atoms with Gasteiger partial charge in [0.2, 0.25) is 6.34 Å². The van der Waals surface area contributed by atoms with Gasteiger partial charge < -0.3 is 12.4 Å². The lowest BCUT2D eigenvalue weighted by Gasteiger charge is -2.16. The number of anilines is 1. The minimum atomic E-state index is 0. The second-order valence-corrected chi connectivity index (χ2v) is 11.1. The summed E-state index contributed by atoms with van der Waals surface area (Å²) in [4.78, 5) is 2.52. The Morgan fingerprint density at radius 2 is 0.921 bits per heavy atom. The van der Waals surface area contributed by atoms with Gasteiger partial charge in [0, 0.05) is 0 Å². The zero-order valence-corrected chi connectivity index (χ0v) is 22.8. The Kier molecular flexibility index (Phi) is 7.08. The first-order chi connectivity index (χ1) is 18.3. The maximum atomic E-state index is 2.52. The van der Waals surface area contributed by atoms with Crippen LogP contribution in [0.15, 0.2) is 84.9 Å². The number of halogens is 1. The van der Waals surface area contributed by atoms with E-state index in [-0.39, 0.29) is 12.4 Å². The van der Waals surface area contributed by atoms with Gasteiger partial charge in [0.25, 0.3) is 0 Å². The molecule has 0 saturated carbocycles. The maximum absolute atomic E-state index is 2.52. The van der Waals surface area contributed by atoms with Crippen LogP contribution in [0.3, 0.4) is 0 Å². The van der Waals surface area contributed by atoms with Crippen molar-refractivity contribution in [1.29, 1.82) is 0 Å². The van der Waals surface area contributed by atoms with Gasteiger partial charge in [-0.3, -0.25) is 0 Å². The average molecular weight is 519 g/mol. The van der Waals surface area contributed by atoms with Gasteiger partial charge in [-0.15, -0.1) is 0 Å². The highest BCUT2D eigenvalue weighted by Gasteiger charge is 2.27. The second-order valence-electron chi connectivity index (χ2n) is 11.1. The van der Waals surface area contributed by atoms with Crippen LogP contribution < -0.4 is 17.3 Å². The van der Waals surface area contributed by atoms with Gasteiger partial charge in [0.05, 0.1) is 0 Å². The number of rotatable bonds is 2. The Hall–Kier alpha value is -3.36. The standard InChI is InChI=1S/C35H35N2.ClH/c1-5-28-6-2-26(1)9-11-30-15-19-32(17-13-28)34(23-30)36-21-22-37(25-36)35-24-31-12-10-27-3-7-29(8-4-27)14-18-33(35)20-16-31;/h1-8,15-16,19-20,23-25H,9-14,17-18,21-22H2;1H/q+1;/p-1. The quantitative estimate of drug-likeness (QED) is 0.367. The average Bonchev–Trinajstić information content (AvgIpc) is 3.42. The molecule has 38 heavy (non-hydrogen) atoms. The van der Waals surface area contributed by atoms with Crippen molar-refractivity contribution in [2.45, 2.75) is 51.4 Å². The summed E-state index contributed by atoms with van der Waals surface area (Å²) in [6.45, 7) is 2.07. The number of benzene rings is 4. The summed E-state index contributed by atoms with van der Waals surface area (Å²) in [7, 11) is 0. The molecule has 9 aliphatic rings. The molecule has 1 aliphatic heterocycles. The van der Waals surface area contributed by atoms with Crippen molar-refractivity contribution in [2.24, 2.45) is 0 Å². The fourth-order valence-corrected chi connectivity index (χ4v) is 6.23. The number of nitrogens with zero attached hydrogens (tertiary/aromatic N) is 2. The summed E-state index contributed by atoms with van der Waals surface area (Å²) in [5.41, 5.74) is 14.4. The number of aryl methyl sites for hydroxylation is 8. The molecule has 8 bridgehead atoms. The molecule has 0 fully saturated rings. The van der Waals surface area contributed by atoms with Gasteiger partial charge >= 0.3 is 0 Å². The molecule has 0 amide bonds. The highest BCUT2D eigenvalue weighted by molar-refractivity contribution is 5.80. The molecule has 2 nitrogen and oxygen atoms in total. The van der Waals surface area contributed by atoms with E-state index in [1.807, 2.05) is 0 Å². The van der Waals surface area contributed by atoms with Crippen LogP contribution in [0.5, 0.6) is 0 Å². The molecule has 192 valence electrons. The molecular formula is C35H35ClN2. The lowest BCUT2D eigenvalue weighted by Crippen LogP contribution is -3.00. The van der Waals surface area contributed by atoms with Crippen molar-refractivity contribution in [3.05, 3.63) is 129 Å². The van der Waals surface area contributed by atoms with Crippen molar-refractivity contribution in [2.75, 3.05) is 18.0 Å². The van der Waals surface area contributed by atoms with Gasteiger partial charge in [-0.05, 0) is 108 Å². The summed E-state index contributed by atoms with van der Waals surface area (Å²) in [5.74, 6) is 0. The third-order valence-corrected chi connectivity index (χ3v) is 8.60. The number of hydrogen-bond donors (Lipinski definition) is 0. The molecule has 0 atom stereocenters. The first-order valence-electron chi connectivity index (χ1n) is 14.0. The van der Waals surface area contributed by atoms with Crippen molar-refractivity contribution in [3.8, 4) is 0 Å². The van der Waals surface area contributed by atoms with Gasteiger partial charge in [-0.1, -0.05) is 72.8 Å². The van der Waals surface area contributed by atoms with Gasteiger partial charge in [-0.2, -0.15) is 0 Å². The van der Waals surface area contributed by atoms with E-state index in [1.165, 1.54) is 55.9 Å². The molecular weight excluding hydrogens is 484 g/mol. The summed E-state index contributed by atoms with van der Waals surface area (Å²) in [5, 5.41) is 0. The smallest absolute Gasteiger partial charge is 0.244 e. The summed E-state index contributed by atoms with van der Waals surface area (Å²) in [6, 6.07) is 33.0. The third kappa shape index (κ3) is 5.15. The highest BCUT2D eigenvalue weighted by Crippen LogP contribution is 2.30. The normalized spacial score (nSPS) is 16.3. The maximum Gasteiger partial charge on any atom is 0.244 e.